The van der Waals surface area contributed by atoms with Gasteiger partial charge in [-0.15, -0.1) is 11.8 Å². The number of imide groups is 1. The highest BCUT2D eigenvalue weighted by atomic mass is 32.2. The van der Waals surface area contributed by atoms with Crippen LogP contribution in [-0.4, -0.2) is 71.2 Å². The van der Waals surface area contributed by atoms with Gasteiger partial charge in [0.1, 0.15) is 30.3 Å². The van der Waals surface area contributed by atoms with E-state index < -0.39 is 47.0 Å². The van der Waals surface area contributed by atoms with Crippen molar-refractivity contribution in [3.8, 4) is 0 Å². The molecule has 13 nitrogen and oxygen atoms in total. The molecular weight excluding hydrogens is 701 g/mol. The lowest BCUT2D eigenvalue weighted by atomic mass is 9.72. The molecule has 53 heavy (non-hydrogen) atoms. The van der Waals surface area contributed by atoms with E-state index in [9.17, 15) is 28.8 Å². The Kier molecular flexibility index (Phi) is 11.3. The maximum Gasteiger partial charge on any atom is 0.411 e. The van der Waals surface area contributed by atoms with Crippen LogP contribution >= 0.6 is 11.8 Å². The minimum atomic E-state index is -0.958. The average Bonchev–Trinajstić information content (AvgIpc) is 3.18. The summed E-state index contributed by atoms with van der Waals surface area (Å²) in [4.78, 5) is 78.8. The van der Waals surface area contributed by atoms with Crippen LogP contribution < -0.4 is 16.0 Å². The number of anilines is 1. The van der Waals surface area contributed by atoms with Gasteiger partial charge >= 0.3 is 18.2 Å². The Morgan fingerprint density at radius 3 is 2.23 bits per heavy atom. The Morgan fingerprint density at radius 1 is 0.962 bits per heavy atom. The molecule has 0 bridgehead atoms. The number of piperidine rings is 1. The highest BCUT2D eigenvalue weighted by Gasteiger charge is 2.55. The number of β-lactam (4-membered cyclic amide) rings is 1. The molecule has 0 spiro atoms. The van der Waals surface area contributed by atoms with Crippen LogP contribution in [0.1, 0.15) is 49.0 Å². The fraction of sp³-hybridized carbons (Fsp3) is 0.282. The SMILES string of the molecule is C=CCOC(=O)N[C@@H]1C(=O)N2C(C(=O)OC(c3ccccc3)c3ccccc3)=C(COC(=O)Nc3ccc([C@@]4(CC)CCC(=O)NC4=O)cc3)CS[C@H]12. The van der Waals surface area contributed by atoms with Crippen molar-refractivity contribution in [2.24, 2.45) is 0 Å². The van der Waals surface area contributed by atoms with E-state index in [2.05, 4.69) is 22.5 Å². The van der Waals surface area contributed by atoms with Crippen LogP contribution in [0.2, 0.25) is 0 Å². The zero-order chi connectivity index (χ0) is 37.5. The molecule has 3 aliphatic rings. The van der Waals surface area contributed by atoms with Crippen LogP contribution in [0.3, 0.4) is 0 Å². The molecule has 0 unspecified atom stereocenters. The number of carbonyl (C=O) groups is 6. The number of hydrogen-bond acceptors (Lipinski definition) is 10. The minimum Gasteiger partial charge on any atom is -0.448 e. The molecular formula is C39H38N4O9S. The van der Waals surface area contributed by atoms with Gasteiger partial charge < -0.3 is 19.5 Å². The number of esters is 1. The standard InChI is InChI=1S/C39H38N4O9S/c1-3-21-50-38(49)42-30-33(45)43-31(35(46)52-32(24-11-7-5-8-12-24)25-13-9-6-10-14-25)26(23-53-34(30)43)22-51-37(48)40-28-17-15-27(16-18-28)39(4-2)20-19-29(44)41-36(39)47/h3,5-18,30,32,34H,1,4,19-23H2,2H3,(H,40,48)(H,42,49)(H,41,44,47)/t30-,34-,39-/m1/s1. The number of thioether (sulfide) groups is 1. The molecule has 0 saturated carbocycles. The lowest BCUT2D eigenvalue weighted by Crippen LogP contribution is -2.70. The number of ether oxygens (including phenoxy) is 3. The van der Waals surface area contributed by atoms with Crippen molar-refractivity contribution >= 4 is 53.3 Å². The molecule has 2 fully saturated rings. The number of nitrogens with one attached hydrogen (secondary N) is 3. The summed E-state index contributed by atoms with van der Waals surface area (Å²) in [6.45, 7) is 5.01. The van der Waals surface area contributed by atoms with E-state index >= 15 is 0 Å². The molecule has 5 amide bonds. The molecule has 0 aromatic heterocycles. The van der Waals surface area contributed by atoms with Crippen LogP contribution in [0, 0.1) is 0 Å². The summed E-state index contributed by atoms with van der Waals surface area (Å²) in [5.41, 5.74) is 1.95. The third-order valence-corrected chi connectivity index (χ3v) is 10.7. The molecule has 2 saturated heterocycles. The molecule has 274 valence electrons. The van der Waals surface area contributed by atoms with Crippen LogP contribution in [0.25, 0.3) is 0 Å². The van der Waals surface area contributed by atoms with E-state index in [-0.39, 0.29) is 42.9 Å². The average molecular weight is 739 g/mol. The van der Waals surface area contributed by atoms with E-state index in [4.69, 9.17) is 14.2 Å². The number of amides is 5. The van der Waals surface area contributed by atoms with Gasteiger partial charge in [-0.05, 0) is 41.7 Å². The van der Waals surface area contributed by atoms with Crippen LogP contribution in [-0.2, 0) is 38.8 Å². The van der Waals surface area contributed by atoms with Crippen molar-refractivity contribution in [3.63, 3.8) is 0 Å². The summed E-state index contributed by atoms with van der Waals surface area (Å²) in [5, 5.41) is 7.00. The smallest absolute Gasteiger partial charge is 0.411 e. The number of fused-ring (bicyclic) bond motifs is 1. The number of benzene rings is 3. The highest BCUT2D eigenvalue weighted by molar-refractivity contribution is 8.00. The first-order valence-corrected chi connectivity index (χ1v) is 18.1. The Morgan fingerprint density at radius 2 is 1.62 bits per heavy atom. The normalized spacial score (nSPS) is 20.8. The predicted molar refractivity (Wildman–Crippen MR) is 195 cm³/mol. The first-order valence-electron chi connectivity index (χ1n) is 17.1. The van der Waals surface area contributed by atoms with Crippen LogP contribution in [0.4, 0.5) is 15.3 Å². The van der Waals surface area contributed by atoms with Gasteiger partial charge in [0.2, 0.25) is 11.8 Å². The largest absolute Gasteiger partial charge is 0.448 e. The third kappa shape index (κ3) is 7.82. The molecule has 6 rings (SSSR count). The molecule has 3 aromatic rings. The molecule has 14 heteroatoms. The van der Waals surface area contributed by atoms with Gasteiger partial charge in [0.25, 0.3) is 5.91 Å². The summed E-state index contributed by atoms with van der Waals surface area (Å²) in [5.74, 6) is -1.82. The fourth-order valence-corrected chi connectivity index (χ4v) is 7.91. The number of hydrogen-bond donors (Lipinski definition) is 3. The second kappa shape index (κ2) is 16.2. The van der Waals surface area contributed by atoms with Gasteiger partial charge in [-0.1, -0.05) is 92.4 Å². The number of alkyl carbamates (subject to hydrolysis) is 1. The summed E-state index contributed by atoms with van der Waals surface area (Å²) >= 11 is 1.29. The Balaban J connectivity index is 1.21. The van der Waals surface area contributed by atoms with Crippen molar-refractivity contribution < 1.29 is 43.0 Å². The Labute approximate surface area is 310 Å². The first kappa shape index (κ1) is 36.9. The quantitative estimate of drug-likeness (QED) is 0.0747. The van der Waals surface area contributed by atoms with Crippen LogP contribution in [0.5, 0.6) is 0 Å². The zero-order valence-electron chi connectivity index (χ0n) is 28.9. The minimum absolute atomic E-state index is 0.0430. The van der Waals surface area contributed by atoms with E-state index in [1.807, 2.05) is 67.6 Å². The number of carbonyl (C=O) groups excluding carboxylic acids is 6. The zero-order valence-corrected chi connectivity index (χ0v) is 29.7. The second-order valence-electron chi connectivity index (χ2n) is 12.6. The predicted octanol–water partition coefficient (Wildman–Crippen LogP) is 5.10. The maximum absolute atomic E-state index is 14.2. The summed E-state index contributed by atoms with van der Waals surface area (Å²) in [6, 6.07) is 24.1. The van der Waals surface area contributed by atoms with Gasteiger partial charge in [0.05, 0.1) is 5.41 Å². The van der Waals surface area contributed by atoms with Crippen molar-refractivity contribution in [1.82, 2.24) is 15.5 Å². The van der Waals surface area contributed by atoms with E-state index in [1.165, 1.54) is 22.7 Å². The fourth-order valence-electron chi connectivity index (χ4n) is 6.58. The molecule has 0 radical (unpaired) electrons. The highest BCUT2D eigenvalue weighted by Crippen LogP contribution is 2.42. The lowest BCUT2D eigenvalue weighted by molar-refractivity contribution is -0.153. The molecule has 3 atom stereocenters. The van der Waals surface area contributed by atoms with Gasteiger partial charge in [0.15, 0.2) is 6.10 Å². The molecule has 3 aromatic carbocycles. The second-order valence-corrected chi connectivity index (χ2v) is 13.7. The van der Waals surface area contributed by atoms with Crippen molar-refractivity contribution in [2.45, 2.75) is 49.1 Å². The van der Waals surface area contributed by atoms with Crippen LogP contribution in [0.15, 0.2) is 109 Å². The molecule has 3 aliphatic heterocycles. The van der Waals surface area contributed by atoms with Gasteiger partial charge in [-0.25, -0.2) is 14.4 Å². The Bertz CT molecular complexity index is 1900. The first-order chi connectivity index (χ1) is 25.6. The van der Waals surface area contributed by atoms with E-state index in [1.54, 1.807) is 24.3 Å². The number of rotatable bonds is 12. The van der Waals surface area contributed by atoms with E-state index in [0.717, 1.165) is 5.56 Å². The summed E-state index contributed by atoms with van der Waals surface area (Å²) < 4.78 is 16.7. The van der Waals surface area contributed by atoms with Gasteiger partial charge in [-0.2, -0.15) is 0 Å². The number of nitrogens with zero attached hydrogens (tertiary/aromatic N) is 1. The monoisotopic (exact) mass is 738 g/mol. The maximum atomic E-state index is 14.2. The van der Waals surface area contributed by atoms with Crippen molar-refractivity contribution in [3.05, 3.63) is 126 Å². The van der Waals surface area contributed by atoms with Crippen molar-refractivity contribution in [1.29, 1.82) is 0 Å². The van der Waals surface area contributed by atoms with Gasteiger partial charge in [-0.3, -0.25) is 29.9 Å². The third-order valence-electron chi connectivity index (χ3n) is 9.41. The summed E-state index contributed by atoms with van der Waals surface area (Å²) in [7, 11) is 0. The lowest BCUT2D eigenvalue weighted by Gasteiger charge is -2.49. The summed E-state index contributed by atoms with van der Waals surface area (Å²) in [6.07, 6.45) is 0.0781. The Hall–Kier alpha value is -5.89. The van der Waals surface area contributed by atoms with Crippen molar-refractivity contribution in [2.75, 3.05) is 24.3 Å². The molecule has 0 aliphatic carbocycles. The molecule has 3 N–H and O–H groups in total. The molecule has 3 heterocycles. The van der Waals surface area contributed by atoms with Gasteiger partial charge in [0, 0.05) is 23.4 Å². The van der Waals surface area contributed by atoms with E-state index in [0.29, 0.717) is 35.2 Å². The topological polar surface area (TPSA) is 169 Å².